The van der Waals surface area contributed by atoms with E-state index in [1.54, 1.807) is 30.5 Å². The first-order chi connectivity index (χ1) is 12.9. The third kappa shape index (κ3) is 4.93. The van der Waals surface area contributed by atoms with Crippen molar-refractivity contribution in [2.24, 2.45) is 4.99 Å². The van der Waals surface area contributed by atoms with Crippen LogP contribution in [-0.4, -0.2) is 12.2 Å². The van der Waals surface area contributed by atoms with Gasteiger partial charge in [-0.25, -0.2) is 4.79 Å². The van der Waals surface area contributed by atoms with Gasteiger partial charge in [-0.3, -0.25) is 4.99 Å². The SMILES string of the molecule is Cc1ccc(N=Cc2cc(Br)c(OC(=O)c3ccccc3)c(Br)c2)c(C)c1. The van der Waals surface area contributed by atoms with Crippen LogP contribution < -0.4 is 4.74 Å². The maximum Gasteiger partial charge on any atom is 0.343 e. The lowest BCUT2D eigenvalue weighted by Crippen LogP contribution is -2.09. The molecule has 27 heavy (non-hydrogen) atoms. The van der Waals surface area contributed by atoms with Gasteiger partial charge in [-0.15, -0.1) is 0 Å². The van der Waals surface area contributed by atoms with Crippen LogP contribution in [0.5, 0.6) is 5.75 Å². The number of hydrogen-bond acceptors (Lipinski definition) is 3. The van der Waals surface area contributed by atoms with Crippen LogP contribution in [0.25, 0.3) is 0 Å². The number of hydrogen-bond donors (Lipinski definition) is 0. The van der Waals surface area contributed by atoms with Crippen LogP contribution in [0, 0.1) is 13.8 Å². The van der Waals surface area contributed by atoms with Gasteiger partial charge in [0, 0.05) is 6.21 Å². The molecule has 0 heterocycles. The van der Waals surface area contributed by atoms with Gasteiger partial charge in [0.2, 0.25) is 0 Å². The standard InChI is InChI=1S/C22H17Br2NO2/c1-14-8-9-20(15(2)10-14)25-13-16-11-18(23)21(19(24)12-16)27-22(26)17-6-4-3-5-7-17/h3-13H,1-2H3. The van der Waals surface area contributed by atoms with Crippen molar-refractivity contribution in [2.45, 2.75) is 13.8 Å². The Labute approximate surface area is 175 Å². The van der Waals surface area contributed by atoms with E-state index in [2.05, 4.69) is 49.8 Å². The number of nitrogens with zero attached hydrogens (tertiary/aromatic N) is 1. The summed E-state index contributed by atoms with van der Waals surface area (Å²) < 4.78 is 6.87. The Morgan fingerprint density at radius 3 is 2.26 bits per heavy atom. The summed E-state index contributed by atoms with van der Waals surface area (Å²) in [5.74, 6) is 0.0289. The molecule has 3 rings (SSSR count). The van der Waals surface area contributed by atoms with E-state index in [0.29, 0.717) is 20.3 Å². The highest BCUT2D eigenvalue weighted by Crippen LogP contribution is 2.35. The Bertz CT molecular complexity index is 991. The first-order valence-electron chi connectivity index (χ1n) is 8.31. The van der Waals surface area contributed by atoms with Gasteiger partial charge < -0.3 is 4.74 Å². The number of esters is 1. The molecule has 0 saturated heterocycles. The molecule has 0 radical (unpaired) electrons. The van der Waals surface area contributed by atoms with Crippen LogP contribution in [-0.2, 0) is 0 Å². The maximum absolute atomic E-state index is 12.3. The zero-order valence-electron chi connectivity index (χ0n) is 14.9. The van der Waals surface area contributed by atoms with Crippen molar-refractivity contribution >= 4 is 49.7 Å². The zero-order valence-corrected chi connectivity index (χ0v) is 18.0. The summed E-state index contributed by atoms with van der Waals surface area (Å²) in [4.78, 5) is 16.9. The Balaban J connectivity index is 1.82. The molecule has 0 saturated carbocycles. The predicted octanol–water partition coefficient (Wildman–Crippen LogP) is 6.80. The molecule has 0 amide bonds. The molecule has 0 atom stereocenters. The lowest BCUT2D eigenvalue weighted by molar-refractivity contribution is 0.0732. The second-order valence-corrected chi connectivity index (χ2v) is 7.83. The van der Waals surface area contributed by atoms with E-state index < -0.39 is 5.97 Å². The average molecular weight is 487 g/mol. The highest BCUT2D eigenvalue weighted by atomic mass is 79.9. The summed E-state index contributed by atoms with van der Waals surface area (Å²) in [6.07, 6.45) is 1.79. The molecule has 0 fully saturated rings. The first kappa shape index (κ1) is 19.5. The average Bonchev–Trinajstić information content (AvgIpc) is 2.64. The van der Waals surface area contributed by atoms with Crippen LogP contribution >= 0.6 is 31.9 Å². The number of rotatable bonds is 4. The Kier molecular flexibility index (Phi) is 6.24. The fraction of sp³-hybridized carbons (Fsp3) is 0.0909. The molecule has 5 heteroatoms. The molecule has 0 aliphatic carbocycles. The van der Waals surface area contributed by atoms with E-state index in [4.69, 9.17) is 4.74 Å². The van der Waals surface area contributed by atoms with Crippen LogP contribution in [0.2, 0.25) is 0 Å². The molecule has 3 aromatic carbocycles. The molecule has 3 nitrogen and oxygen atoms in total. The Morgan fingerprint density at radius 2 is 1.63 bits per heavy atom. The third-order valence-electron chi connectivity index (χ3n) is 3.93. The first-order valence-corrected chi connectivity index (χ1v) is 9.90. The van der Waals surface area contributed by atoms with Crippen LogP contribution in [0.1, 0.15) is 27.0 Å². The van der Waals surface area contributed by atoms with Crippen molar-refractivity contribution in [3.05, 3.63) is 91.9 Å². The van der Waals surface area contributed by atoms with E-state index in [1.165, 1.54) is 5.56 Å². The molecule has 3 aromatic rings. The Hall–Kier alpha value is -2.24. The van der Waals surface area contributed by atoms with E-state index in [9.17, 15) is 4.79 Å². The zero-order chi connectivity index (χ0) is 19.4. The molecular formula is C22H17Br2NO2. The van der Waals surface area contributed by atoms with Crippen LogP contribution in [0.15, 0.2) is 74.6 Å². The fourth-order valence-electron chi connectivity index (χ4n) is 2.57. The van der Waals surface area contributed by atoms with Gasteiger partial charge in [0.1, 0.15) is 0 Å². The number of aliphatic imine (C=N–C) groups is 1. The predicted molar refractivity (Wildman–Crippen MR) is 116 cm³/mol. The molecule has 0 aliphatic heterocycles. The molecule has 0 bridgehead atoms. The van der Waals surface area contributed by atoms with Crippen molar-refractivity contribution in [1.29, 1.82) is 0 Å². The summed E-state index contributed by atoms with van der Waals surface area (Å²) in [5.41, 5.74) is 4.64. The molecule has 136 valence electrons. The van der Waals surface area contributed by atoms with E-state index in [-0.39, 0.29) is 0 Å². The number of benzene rings is 3. The topological polar surface area (TPSA) is 38.7 Å². The largest absolute Gasteiger partial charge is 0.421 e. The molecule has 0 spiro atoms. The third-order valence-corrected chi connectivity index (χ3v) is 5.11. The van der Waals surface area contributed by atoms with Crippen molar-refractivity contribution < 1.29 is 9.53 Å². The highest BCUT2D eigenvalue weighted by Gasteiger charge is 2.14. The molecule has 0 unspecified atom stereocenters. The van der Waals surface area contributed by atoms with Crippen molar-refractivity contribution in [3.8, 4) is 5.75 Å². The Morgan fingerprint density at radius 1 is 0.963 bits per heavy atom. The molecule has 0 aromatic heterocycles. The highest BCUT2D eigenvalue weighted by molar-refractivity contribution is 9.11. The lowest BCUT2D eigenvalue weighted by atomic mass is 10.1. The summed E-state index contributed by atoms with van der Waals surface area (Å²) in [7, 11) is 0. The summed E-state index contributed by atoms with van der Waals surface area (Å²) in [6.45, 7) is 4.10. The van der Waals surface area contributed by atoms with Gasteiger partial charge in [-0.1, -0.05) is 35.9 Å². The second kappa shape index (κ2) is 8.63. The summed E-state index contributed by atoms with van der Waals surface area (Å²) >= 11 is 6.96. The fourth-order valence-corrected chi connectivity index (χ4v) is 3.96. The molecule has 0 N–H and O–H groups in total. The minimum Gasteiger partial charge on any atom is -0.421 e. The maximum atomic E-state index is 12.3. The van der Waals surface area contributed by atoms with Crippen LogP contribution in [0.3, 0.4) is 0 Å². The van der Waals surface area contributed by atoms with E-state index in [1.807, 2.05) is 37.3 Å². The van der Waals surface area contributed by atoms with Crippen molar-refractivity contribution in [1.82, 2.24) is 0 Å². The van der Waals surface area contributed by atoms with Gasteiger partial charge >= 0.3 is 5.97 Å². The summed E-state index contributed by atoms with van der Waals surface area (Å²) in [6, 6.07) is 18.8. The quantitative estimate of drug-likeness (QED) is 0.231. The smallest absolute Gasteiger partial charge is 0.343 e. The minimum absolute atomic E-state index is 0.409. The van der Waals surface area contributed by atoms with Gasteiger partial charge in [0.25, 0.3) is 0 Å². The second-order valence-electron chi connectivity index (χ2n) is 6.12. The monoisotopic (exact) mass is 485 g/mol. The number of ether oxygens (including phenoxy) is 1. The number of aryl methyl sites for hydroxylation is 2. The van der Waals surface area contributed by atoms with E-state index >= 15 is 0 Å². The summed E-state index contributed by atoms with van der Waals surface area (Å²) in [5, 5.41) is 0. The number of carbonyl (C=O) groups excluding carboxylic acids is 1. The van der Waals surface area contributed by atoms with E-state index in [0.717, 1.165) is 16.8 Å². The molecular weight excluding hydrogens is 470 g/mol. The van der Waals surface area contributed by atoms with Gasteiger partial charge in [0.15, 0.2) is 5.75 Å². The van der Waals surface area contributed by atoms with Crippen molar-refractivity contribution in [2.75, 3.05) is 0 Å². The molecule has 0 aliphatic rings. The number of carbonyl (C=O) groups is 1. The van der Waals surface area contributed by atoms with Crippen LogP contribution in [0.4, 0.5) is 5.69 Å². The van der Waals surface area contributed by atoms with Gasteiger partial charge in [-0.2, -0.15) is 0 Å². The van der Waals surface area contributed by atoms with Crippen molar-refractivity contribution in [3.63, 3.8) is 0 Å². The van der Waals surface area contributed by atoms with Gasteiger partial charge in [-0.05, 0) is 87.2 Å². The normalized spacial score (nSPS) is 11.0. The lowest BCUT2D eigenvalue weighted by Gasteiger charge is -2.10. The van der Waals surface area contributed by atoms with Gasteiger partial charge in [0.05, 0.1) is 20.2 Å². The minimum atomic E-state index is -0.409. The number of halogens is 2.